The van der Waals surface area contributed by atoms with E-state index in [2.05, 4.69) is 30.7 Å². The van der Waals surface area contributed by atoms with Gasteiger partial charge in [0.15, 0.2) is 0 Å². The third-order valence-electron chi connectivity index (χ3n) is 2.67. The molecular weight excluding hydrogens is 224 g/mol. The molecule has 0 saturated carbocycles. The van der Waals surface area contributed by atoms with E-state index in [-0.39, 0.29) is 11.3 Å². The number of pyridine rings is 1. The Balaban J connectivity index is 3.26. The molecule has 1 aromatic rings. The summed E-state index contributed by atoms with van der Waals surface area (Å²) in [4.78, 5) is 6.62. The van der Waals surface area contributed by atoms with Crippen LogP contribution in [0.25, 0.3) is 0 Å². The number of hydrogen-bond acceptors (Lipinski definition) is 3. The molecule has 0 aromatic carbocycles. The summed E-state index contributed by atoms with van der Waals surface area (Å²) in [5.41, 5.74) is 8.55. The molecule has 4 heteroatoms. The van der Waals surface area contributed by atoms with E-state index in [1.807, 2.05) is 27.0 Å². The first-order chi connectivity index (χ1) is 8.11. The normalized spacial score (nSPS) is 11.4. The summed E-state index contributed by atoms with van der Waals surface area (Å²) in [5, 5.41) is 7.72. The second-order valence-corrected chi connectivity index (χ2v) is 6.11. The van der Waals surface area contributed by atoms with E-state index in [0.29, 0.717) is 0 Å². The Morgan fingerprint density at radius 1 is 1.39 bits per heavy atom. The van der Waals surface area contributed by atoms with Crippen LogP contribution >= 0.6 is 0 Å². The van der Waals surface area contributed by atoms with Gasteiger partial charge >= 0.3 is 0 Å². The van der Waals surface area contributed by atoms with Crippen LogP contribution in [-0.2, 0) is 0 Å². The van der Waals surface area contributed by atoms with Crippen LogP contribution in [-0.4, -0.2) is 24.4 Å². The number of anilines is 1. The molecule has 0 atom stereocenters. The van der Waals surface area contributed by atoms with Gasteiger partial charge < -0.3 is 10.6 Å². The Hall–Kier alpha value is -1.58. The third-order valence-corrected chi connectivity index (χ3v) is 2.67. The molecule has 0 radical (unpaired) electrons. The van der Waals surface area contributed by atoms with Crippen molar-refractivity contribution in [3.8, 4) is 0 Å². The van der Waals surface area contributed by atoms with E-state index in [1.54, 1.807) is 0 Å². The molecule has 1 heterocycles. The van der Waals surface area contributed by atoms with Gasteiger partial charge in [-0.05, 0) is 30.9 Å². The van der Waals surface area contributed by atoms with E-state index in [0.717, 1.165) is 29.2 Å². The first kappa shape index (κ1) is 14.5. The van der Waals surface area contributed by atoms with Gasteiger partial charge in [0.25, 0.3) is 0 Å². The molecule has 3 N–H and O–H groups in total. The molecule has 1 aromatic heterocycles. The molecular formula is C14H24N4. The van der Waals surface area contributed by atoms with Crippen LogP contribution < -0.4 is 10.6 Å². The lowest BCUT2D eigenvalue weighted by Gasteiger charge is -2.29. The number of nitrogens with two attached hydrogens (primary N) is 1. The lowest BCUT2D eigenvalue weighted by atomic mass is 9.96. The van der Waals surface area contributed by atoms with Crippen molar-refractivity contribution in [2.45, 2.75) is 34.6 Å². The molecule has 0 spiro atoms. The average Bonchev–Trinajstić information content (AvgIpc) is 2.12. The molecule has 100 valence electrons. The predicted molar refractivity (Wildman–Crippen MR) is 77.5 cm³/mol. The quantitative estimate of drug-likeness (QED) is 0.638. The second-order valence-electron chi connectivity index (χ2n) is 6.11. The van der Waals surface area contributed by atoms with E-state index in [1.165, 1.54) is 0 Å². The molecule has 1 rings (SSSR count). The summed E-state index contributed by atoms with van der Waals surface area (Å²) >= 11 is 0. The summed E-state index contributed by atoms with van der Waals surface area (Å²) < 4.78 is 0. The summed E-state index contributed by atoms with van der Waals surface area (Å²) in [6, 6.07) is 1.96. The SMILES string of the molecule is Cc1cc(C)c(C(=N)N)c(N(C)CC(C)(C)C)n1. The first-order valence-electron chi connectivity index (χ1n) is 6.15. The van der Waals surface area contributed by atoms with Crippen molar-refractivity contribution in [1.82, 2.24) is 4.98 Å². The smallest absolute Gasteiger partial charge is 0.139 e. The van der Waals surface area contributed by atoms with E-state index in [9.17, 15) is 0 Å². The Morgan fingerprint density at radius 3 is 2.39 bits per heavy atom. The van der Waals surface area contributed by atoms with Gasteiger partial charge in [0.05, 0.1) is 5.56 Å². The number of nitrogens with one attached hydrogen (secondary N) is 1. The maximum atomic E-state index is 7.72. The van der Waals surface area contributed by atoms with Crippen molar-refractivity contribution in [2.24, 2.45) is 11.1 Å². The topological polar surface area (TPSA) is 66.0 Å². The Kier molecular flexibility index (Phi) is 3.99. The van der Waals surface area contributed by atoms with E-state index < -0.39 is 0 Å². The number of aryl methyl sites for hydroxylation is 2. The second kappa shape index (κ2) is 4.96. The first-order valence-corrected chi connectivity index (χ1v) is 6.15. The number of rotatable bonds is 3. The Bertz CT molecular complexity index is 458. The summed E-state index contributed by atoms with van der Waals surface area (Å²) in [6.07, 6.45) is 0. The molecule has 0 aliphatic carbocycles. The van der Waals surface area contributed by atoms with Crippen LogP contribution in [0.4, 0.5) is 5.82 Å². The van der Waals surface area contributed by atoms with Crippen molar-refractivity contribution in [2.75, 3.05) is 18.5 Å². The standard InChI is InChI=1S/C14H24N4/c1-9-7-10(2)17-13(11(9)12(15)16)18(6)8-14(3,4)5/h7H,8H2,1-6H3,(H3,15,16). The zero-order chi connectivity index (χ0) is 14.1. The van der Waals surface area contributed by atoms with E-state index in [4.69, 9.17) is 11.1 Å². The largest absolute Gasteiger partial charge is 0.384 e. The highest BCUT2D eigenvalue weighted by atomic mass is 15.2. The van der Waals surface area contributed by atoms with Gasteiger partial charge in [-0.2, -0.15) is 0 Å². The number of aromatic nitrogens is 1. The molecule has 0 aliphatic heterocycles. The van der Waals surface area contributed by atoms with Gasteiger partial charge in [0.2, 0.25) is 0 Å². The van der Waals surface area contributed by atoms with Crippen LogP contribution in [0.5, 0.6) is 0 Å². The van der Waals surface area contributed by atoms with Crippen molar-refractivity contribution >= 4 is 11.7 Å². The minimum atomic E-state index is 0.0794. The summed E-state index contributed by atoms with van der Waals surface area (Å²) in [6.45, 7) is 11.3. The minimum absolute atomic E-state index is 0.0794. The zero-order valence-corrected chi connectivity index (χ0v) is 12.3. The fraction of sp³-hybridized carbons (Fsp3) is 0.571. The predicted octanol–water partition coefficient (Wildman–Crippen LogP) is 2.46. The van der Waals surface area contributed by atoms with Gasteiger partial charge in [-0.15, -0.1) is 0 Å². The van der Waals surface area contributed by atoms with Crippen molar-refractivity contribution in [3.05, 3.63) is 22.9 Å². The van der Waals surface area contributed by atoms with Crippen LogP contribution in [0.1, 0.15) is 37.6 Å². The van der Waals surface area contributed by atoms with Gasteiger partial charge in [-0.3, -0.25) is 5.41 Å². The Morgan fingerprint density at radius 2 is 1.94 bits per heavy atom. The van der Waals surface area contributed by atoms with Crippen molar-refractivity contribution in [3.63, 3.8) is 0 Å². The molecule has 0 fully saturated rings. The molecule has 0 aliphatic rings. The molecule has 0 unspecified atom stereocenters. The molecule has 0 saturated heterocycles. The number of nitrogens with zero attached hydrogens (tertiary/aromatic N) is 2. The number of nitrogen functional groups attached to an aromatic ring is 1. The molecule has 0 amide bonds. The van der Waals surface area contributed by atoms with Crippen molar-refractivity contribution < 1.29 is 0 Å². The van der Waals surface area contributed by atoms with Gasteiger partial charge in [-0.1, -0.05) is 20.8 Å². The van der Waals surface area contributed by atoms with Gasteiger partial charge in [0.1, 0.15) is 11.7 Å². The molecule has 0 bridgehead atoms. The third kappa shape index (κ3) is 3.45. The number of hydrogen-bond donors (Lipinski definition) is 2. The monoisotopic (exact) mass is 248 g/mol. The van der Waals surface area contributed by atoms with Crippen LogP contribution in [0.2, 0.25) is 0 Å². The van der Waals surface area contributed by atoms with Crippen LogP contribution in [0.15, 0.2) is 6.07 Å². The van der Waals surface area contributed by atoms with E-state index >= 15 is 0 Å². The maximum absolute atomic E-state index is 7.72. The van der Waals surface area contributed by atoms with Crippen LogP contribution in [0.3, 0.4) is 0 Å². The lowest BCUT2D eigenvalue weighted by Crippen LogP contribution is -2.32. The minimum Gasteiger partial charge on any atom is -0.384 e. The van der Waals surface area contributed by atoms with Gasteiger partial charge in [0, 0.05) is 19.3 Å². The Labute approximate surface area is 110 Å². The maximum Gasteiger partial charge on any atom is 0.139 e. The fourth-order valence-electron chi connectivity index (χ4n) is 2.21. The molecule has 4 nitrogen and oxygen atoms in total. The highest BCUT2D eigenvalue weighted by Gasteiger charge is 2.19. The van der Waals surface area contributed by atoms with Crippen LogP contribution in [0, 0.1) is 24.7 Å². The zero-order valence-electron chi connectivity index (χ0n) is 12.3. The highest BCUT2D eigenvalue weighted by molar-refractivity contribution is 6.01. The fourth-order valence-corrected chi connectivity index (χ4v) is 2.21. The average molecular weight is 248 g/mol. The van der Waals surface area contributed by atoms with Gasteiger partial charge in [-0.25, -0.2) is 4.98 Å². The molecule has 18 heavy (non-hydrogen) atoms. The number of amidine groups is 1. The summed E-state index contributed by atoms with van der Waals surface area (Å²) in [5.74, 6) is 0.880. The lowest BCUT2D eigenvalue weighted by molar-refractivity contribution is 0.417. The summed E-state index contributed by atoms with van der Waals surface area (Å²) in [7, 11) is 2.00. The highest BCUT2D eigenvalue weighted by Crippen LogP contribution is 2.24. The van der Waals surface area contributed by atoms with Crippen molar-refractivity contribution in [1.29, 1.82) is 5.41 Å².